The second-order valence-electron chi connectivity index (χ2n) is 7.96. The van der Waals surface area contributed by atoms with Crippen molar-refractivity contribution >= 4 is 23.5 Å². The summed E-state index contributed by atoms with van der Waals surface area (Å²) < 4.78 is 0. The van der Waals surface area contributed by atoms with Crippen LogP contribution in [0.25, 0.3) is 0 Å². The number of aromatic nitrogens is 1. The van der Waals surface area contributed by atoms with E-state index in [1.54, 1.807) is 24.5 Å². The Bertz CT molecular complexity index is 623. The quantitative estimate of drug-likeness (QED) is 0.658. The summed E-state index contributed by atoms with van der Waals surface area (Å²) in [5.41, 5.74) is 0.0380. The van der Waals surface area contributed by atoms with Crippen LogP contribution < -0.4 is 10.6 Å². The number of anilines is 1. The zero-order valence-corrected chi connectivity index (χ0v) is 16.1. The molecule has 0 aromatic carbocycles. The van der Waals surface area contributed by atoms with Gasteiger partial charge < -0.3 is 15.7 Å². The molecule has 0 bridgehead atoms. The topological polar surface area (TPSA) is 108 Å². The van der Waals surface area contributed by atoms with E-state index < -0.39 is 29.3 Å². The first-order valence-electron chi connectivity index (χ1n) is 8.73. The summed E-state index contributed by atoms with van der Waals surface area (Å²) in [4.78, 5) is 40.3. The Morgan fingerprint density at radius 2 is 1.69 bits per heavy atom. The van der Waals surface area contributed by atoms with E-state index in [-0.39, 0.29) is 18.2 Å². The summed E-state index contributed by atoms with van der Waals surface area (Å²) in [6.45, 7) is 9.40. The summed E-state index contributed by atoms with van der Waals surface area (Å²) >= 11 is 0. The molecule has 0 saturated carbocycles. The van der Waals surface area contributed by atoms with Gasteiger partial charge in [-0.2, -0.15) is 0 Å². The zero-order chi connectivity index (χ0) is 19.9. The number of nitrogens with zero attached hydrogens (tertiary/aromatic N) is 1. The monoisotopic (exact) mass is 363 g/mol. The van der Waals surface area contributed by atoms with Crippen LogP contribution in [0.5, 0.6) is 0 Å². The van der Waals surface area contributed by atoms with Crippen molar-refractivity contribution in [1.82, 2.24) is 10.3 Å². The number of hydrogen-bond donors (Lipinski definition) is 3. The molecule has 2 unspecified atom stereocenters. The van der Waals surface area contributed by atoms with Gasteiger partial charge in [-0.1, -0.05) is 34.6 Å². The van der Waals surface area contributed by atoms with Crippen molar-refractivity contribution in [3.8, 4) is 0 Å². The van der Waals surface area contributed by atoms with Gasteiger partial charge in [0.2, 0.25) is 11.8 Å². The lowest BCUT2D eigenvalue weighted by Gasteiger charge is -2.31. The number of pyridine rings is 1. The van der Waals surface area contributed by atoms with Gasteiger partial charge in [0.25, 0.3) is 0 Å². The van der Waals surface area contributed by atoms with Crippen molar-refractivity contribution in [3.63, 3.8) is 0 Å². The van der Waals surface area contributed by atoms with Gasteiger partial charge in [-0.15, -0.1) is 0 Å². The number of carboxylic acids is 1. The van der Waals surface area contributed by atoms with Crippen molar-refractivity contribution in [2.75, 3.05) is 5.32 Å². The molecular weight excluding hydrogens is 334 g/mol. The van der Waals surface area contributed by atoms with Gasteiger partial charge in [0.05, 0.1) is 6.42 Å². The molecule has 1 aromatic rings. The molecule has 2 atom stereocenters. The van der Waals surface area contributed by atoms with Crippen LogP contribution in [0.3, 0.4) is 0 Å². The number of amides is 2. The van der Waals surface area contributed by atoms with Crippen LogP contribution in [0.1, 0.15) is 47.5 Å². The molecule has 1 heterocycles. The first-order chi connectivity index (χ1) is 12.0. The third-order valence-corrected chi connectivity index (χ3v) is 3.91. The number of nitrogens with one attached hydrogen (secondary N) is 2. The lowest BCUT2D eigenvalue weighted by Crippen LogP contribution is -2.53. The Hall–Kier alpha value is -2.44. The van der Waals surface area contributed by atoms with Gasteiger partial charge in [-0.05, 0) is 29.9 Å². The van der Waals surface area contributed by atoms with E-state index >= 15 is 0 Å². The molecule has 1 rings (SSSR count). The van der Waals surface area contributed by atoms with Gasteiger partial charge in [0.1, 0.15) is 6.04 Å². The molecule has 3 N–H and O–H groups in total. The van der Waals surface area contributed by atoms with Crippen molar-refractivity contribution < 1.29 is 19.5 Å². The van der Waals surface area contributed by atoms with Crippen molar-refractivity contribution in [1.29, 1.82) is 0 Å². The van der Waals surface area contributed by atoms with Crippen LogP contribution in [0.15, 0.2) is 24.5 Å². The molecule has 144 valence electrons. The minimum absolute atomic E-state index is 0.170. The Kier molecular flexibility index (Phi) is 7.74. The lowest BCUT2D eigenvalue weighted by molar-refractivity contribution is -0.142. The normalized spacial score (nSPS) is 13.8. The minimum Gasteiger partial charge on any atom is -0.481 e. The smallest absolute Gasteiger partial charge is 0.304 e. The standard InChI is InChI=1S/C19H29N3O4/c1-12(2)10-13(11-15(23)24)17(25)22-16(19(3,4)5)18(26)21-14-6-8-20-9-7-14/h6-9,12-13,16H,10-11H2,1-5H3,(H,22,25)(H,23,24)(H,20,21,26). The van der Waals surface area contributed by atoms with Crippen LogP contribution in [0.2, 0.25) is 0 Å². The molecule has 0 fully saturated rings. The highest BCUT2D eigenvalue weighted by Gasteiger charge is 2.35. The molecule has 0 aliphatic carbocycles. The predicted octanol–water partition coefficient (Wildman–Crippen LogP) is 2.69. The molecule has 0 radical (unpaired) electrons. The maximum atomic E-state index is 12.7. The molecule has 0 saturated heterocycles. The van der Waals surface area contributed by atoms with E-state index in [0.29, 0.717) is 12.1 Å². The third-order valence-electron chi connectivity index (χ3n) is 3.91. The summed E-state index contributed by atoms with van der Waals surface area (Å²) in [5, 5.41) is 14.6. The van der Waals surface area contributed by atoms with Crippen molar-refractivity contribution in [3.05, 3.63) is 24.5 Å². The number of carbonyl (C=O) groups excluding carboxylic acids is 2. The first kappa shape index (κ1) is 21.6. The largest absolute Gasteiger partial charge is 0.481 e. The summed E-state index contributed by atoms with van der Waals surface area (Å²) in [5.74, 6) is -2.30. The fourth-order valence-corrected chi connectivity index (χ4v) is 2.65. The molecule has 7 nitrogen and oxygen atoms in total. The summed E-state index contributed by atoms with van der Waals surface area (Å²) in [7, 11) is 0. The van der Waals surface area contributed by atoms with Crippen molar-refractivity contribution in [2.24, 2.45) is 17.3 Å². The van der Waals surface area contributed by atoms with Gasteiger partial charge >= 0.3 is 5.97 Å². The molecule has 0 spiro atoms. The Morgan fingerprint density at radius 3 is 2.15 bits per heavy atom. The van der Waals surface area contributed by atoms with E-state index in [4.69, 9.17) is 5.11 Å². The van der Waals surface area contributed by atoms with Gasteiger partial charge in [-0.25, -0.2) is 0 Å². The number of carboxylic acid groups (broad SMARTS) is 1. The molecular formula is C19H29N3O4. The zero-order valence-electron chi connectivity index (χ0n) is 16.1. The maximum absolute atomic E-state index is 12.7. The fraction of sp³-hybridized carbons (Fsp3) is 0.579. The lowest BCUT2D eigenvalue weighted by atomic mass is 9.85. The summed E-state index contributed by atoms with van der Waals surface area (Å²) in [6, 6.07) is 2.52. The summed E-state index contributed by atoms with van der Waals surface area (Å²) in [6.07, 6.45) is 3.31. The number of carbonyl (C=O) groups is 3. The molecule has 26 heavy (non-hydrogen) atoms. The molecule has 1 aromatic heterocycles. The van der Waals surface area contributed by atoms with Crippen LogP contribution >= 0.6 is 0 Å². The highest BCUT2D eigenvalue weighted by molar-refractivity contribution is 5.98. The highest BCUT2D eigenvalue weighted by atomic mass is 16.4. The average Bonchev–Trinajstić information content (AvgIpc) is 2.50. The Labute approximate surface area is 154 Å². The van der Waals surface area contributed by atoms with Crippen LogP contribution in [-0.2, 0) is 14.4 Å². The third kappa shape index (κ3) is 7.21. The van der Waals surface area contributed by atoms with Gasteiger partial charge in [0, 0.05) is 24.0 Å². The van der Waals surface area contributed by atoms with Crippen LogP contribution in [0, 0.1) is 17.3 Å². The van der Waals surface area contributed by atoms with E-state index in [0.717, 1.165) is 0 Å². The number of aliphatic carboxylic acids is 1. The molecule has 0 aliphatic heterocycles. The number of hydrogen-bond acceptors (Lipinski definition) is 4. The van der Waals surface area contributed by atoms with E-state index in [9.17, 15) is 14.4 Å². The Balaban J connectivity index is 2.93. The van der Waals surface area contributed by atoms with E-state index in [1.165, 1.54) is 0 Å². The van der Waals surface area contributed by atoms with E-state index in [1.807, 2.05) is 34.6 Å². The maximum Gasteiger partial charge on any atom is 0.304 e. The molecule has 2 amide bonds. The Morgan fingerprint density at radius 1 is 1.12 bits per heavy atom. The predicted molar refractivity (Wildman–Crippen MR) is 99.5 cm³/mol. The van der Waals surface area contributed by atoms with Crippen LogP contribution in [0.4, 0.5) is 5.69 Å². The highest BCUT2D eigenvalue weighted by Crippen LogP contribution is 2.23. The van der Waals surface area contributed by atoms with E-state index in [2.05, 4.69) is 15.6 Å². The fourth-order valence-electron chi connectivity index (χ4n) is 2.65. The van der Waals surface area contributed by atoms with Gasteiger partial charge in [0.15, 0.2) is 0 Å². The SMILES string of the molecule is CC(C)CC(CC(=O)O)C(=O)NC(C(=O)Nc1ccncc1)C(C)(C)C. The second kappa shape index (κ2) is 9.31. The van der Waals surface area contributed by atoms with Gasteiger partial charge in [-0.3, -0.25) is 19.4 Å². The molecule has 7 heteroatoms. The average molecular weight is 363 g/mol. The minimum atomic E-state index is -1.03. The first-order valence-corrected chi connectivity index (χ1v) is 8.73. The number of rotatable bonds is 8. The molecule has 0 aliphatic rings. The van der Waals surface area contributed by atoms with Crippen LogP contribution in [-0.4, -0.2) is 33.9 Å². The second-order valence-corrected chi connectivity index (χ2v) is 7.96. The van der Waals surface area contributed by atoms with Crippen molar-refractivity contribution in [2.45, 2.75) is 53.5 Å².